The van der Waals surface area contributed by atoms with Crippen LogP contribution in [0.4, 0.5) is 10.6 Å². The Labute approximate surface area is 82.2 Å². The van der Waals surface area contributed by atoms with Gasteiger partial charge in [-0.2, -0.15) is 0 Å². The van der Waals surface area contributed by atoms with E-state index in [2.05, 4.69) is 31.2 Å². The molecule has 1 radical (unpaired) electrons. The van der Waals surface area contributed by atoms with Crippen LogP contribution in [0, 0.1) is 6.92 Å². The maximum absolute atomic E-state index is 9.81. The van der Waals surface area contributed by atoms with Gasteiger partial charge in [0, 0.05) is 0 Å². The van der Waals surface area contributed by atoms with Crippen LogP contribution in [0.15, 0.2) is 30.3 Å². The van der Waals surface area contributed by atoms with Gasteiger partial charge in [-0.05, 0) is 18.4 Å². The summed E-state index contributed by atoms with van der Waals surface area (Å²) in [5.74, 6) is 0. The van der Waals surface area contributed by atoms with Crippen LogP contribution >= 0.6 is 0 Å². The molecule has 0 bridgehead atoms. The highest BCUT2D eigenvalue weighted by molar-refractivity contribution is 6.33. The van der Waals surface area contributed by atoms with Gasteiger partial charge in [-0.25, -0.2) is 0 Å². The molecule has 0 amide bonds. The molecule has 1 rings (SSSR count). The SMILES string of the molecule is [CH2]CCc1ccccc1.[F][Al]([F])[F]. The molecule has 0 heterocycles. The molecule has 13 heavy (non-hydrogen) atoms. The van der Waals surface area contributed by atoms with E-state index in [1.807, 2.05) is 6.07 Å². The van der Waals surface area contributed by atoms with Gasteiger partial charge >= 0.3 is 15.5 Å². The third kappa shape index (κ3) is 9.46. The van der Waals surface area contributed by atoms with Crippen LogP contribution in [0.25, 0.3) is 0 Å². The average Bonchev–Trinajstić information content (AvgIpc) is 2.06. The van der Waals surface area contributed by atoms with Crippen LogP contribution in [-0.4, -0.2) is 15.5 Å². The summed E-state index contributed by atoms with van der Waals surface area (Å²) in [5.41, 5.74) is 1.38. The molecule has 0 nitrogen and oxygen atoms in total. The Morgan fingerprint density at radius 3 is 1.92 bits per heavy atom. The second-order valence-electron chi connectivity index (χ2n) is 2.34. The van der Waals surface area contributed by atoms with Gasteiger partial charge in [0.1, 0.15) is 0 Å². The zero-order chi connectivity index (χ0) is 10.1. The zero-order valence-electron chi connectivity index (χ0n) is 7.22. The Morgan fingerprint density at radius 2 is 1.54 bits per heavy atom. The van der Waals surface area contributed by atoms with Gasteiger partial charge in [0.2, 0.25) is 0 Å². The smallest absolute Gasteiger partial charge is 0.346 e. The summed E-state index contributed by atoms with van der Waals surface area (Å²) in [5, 5.41) is 0. The maximum atomic E-state index is 9.81. The van der Waals surface area contributed by atoms with Gasteiger partial charge in [-0.3, -0.25) is 0 Å². The molecule has 1 aromatic carbocycles. The molecule has 0 saturated carbocycles. The maximum Gasteiger partial charge on any atom is 1.04 e. The van der Waals surface area contributed by atoms with Gasteiger partial charge in [0.15, 0.2) is 0 Å². The fourth-order valence-corrected chi connectivity index (χ4v) is 0.849. The summed E-state index contributed by atoms with van der Waals surface area (Å²) in [6, 6.07) is 10.4. The van der Waals surface area contributed by atoms with Gasteiger partial charge in [0.25, 0.3) is 0 Å². The molecule has 0 unspecified atom stereocenters. The predicted molar refractivity (Wildman–Crippen MR) is 49.2 cm³/mol. The third-order valence-electron chi connectivity index (χ3n) is 1.31. The van der Waals surface area contributed by atoms with Crippen molar-refractivity contribution in [2.24, 2.45) is 0 Å². The fourth-order valence-electron chi connectivity index (χ4n) is 0.849. The minimum absolute atomic E-state index is 0.990. The summed E-state index contributed by atoms with van der Waals surface area (Å²) < 4.78 is 29.4. The molecule has 0 aliphatic rings. The molecular formula is C9H11AlF3. The van der Waals surface area contributed by atoms with E-state index in [1.54, 1.807) is 0 Å². The van der Waals surface area contributed by atoms with E-state index in [1.165, 1.54) is 5.56 Å². The monoisotopic (exact) mass is 203 g/mol. The number of halogens is 3. The number of aryl methyl sites for hydroxylation is 1. The quantitative estimate of drug-likeness (QED) is 0.646. The van der Waals surface area contributed by atoms with Crippen molar-refractivity contribution in [3.8, 4) is 0 Å². The summed E-state index contributed by atoms with van der Waals surface area (Å²) in [6.07, 6.45) is 2.09. The van der Waals surface area contributed by atoms with Crippen molar-refractivity contribution >= 4 is 15.5 Å². The Balaban J connectivity index is 0.000000310. The van der Waals surface area contributed by atoms with Crippen molar-refractivity contribution in [3.05, 3.63) is 42.8 Å². The second kappa shape index (κ2) is 8.15. The van der Waals surface area contributed by atoms with Crippen molar-refractivity contribution < 1.29 is 10.6 Å². The molecule has 0 saturated heterocycles. The molecule has 4 heteroatoms. The standard InChI is InChI=1S/C9H11.Al.3FH/c1-2-6-9-7-4-3-5-8-9;;;;/h3-5,7-8H,1-2,6H2;;3*1H/q;+3;;;/p-3. The molecule has 0 spiro atoms. The number of hydrogen-bond acceptors (Lipinski definition) is 0. The van der Waals surface area contributed by atoms with Gasteiger partial charge in [-0.15, -0.1) is 0 Å². The molecule has 71 valence electrons. The van der Waals surface area contributed by atoms with E-state index >= 15 is 0 Å². The van der Waals surface area contributed by atoms with E-state index in [0.29, 0.717) is 0 Å². The largest absolute Gasteiger partial charge is 1.04 e. The van der Waals surface area contributed by atoms with Crippen LogP contribution in [0.3, 0.4) is 0 Å². The van der Waals surface area contributed by atoms with Crippen LogP contribution in [0.5, 0.6) is 0 Å². The highest BCUT2D eigenvalue weighted by Gasteiger charge is 2.21. The van der Waals surface area contributed by atoms with Crippen molar-refractivity contribution in [3.63, 3.8) is 0 Å². The number of benzene rings is 1. The Hall–Kier alpha value is -0.458. The summed E-state index contributed by atoms with van der Waals surface area (Å²) in [7, 11) is 0. The Bertz CT molecular complexity index is 199. The minimum Gasteiger partial charge on any atom is -0.346 e. The Morgan fingerprint density at radius 1 is 1.08 bits per heavy atom. The summed E-state index contributed by atoms with van der Waals surface area (Å²) in [4.78, 5) is 0. The van der Waals surface area contributed by atoms with Crippen molar-refractivity contribution in [2.45, 2.75) is 12.8 Å². The van der Waals surface area contributed by atoms with Crippen molar-refractivity contribution in [1.29, 1.82) is 0 Å². The minimum atomic E-state index is -4.64. The number of rotatable bonds is 2. The topological polar surface area (TPSA) is 0 Å². The van der Waals surface area contributed by atoms with E-state index in [9.17, 15) is 10.6 Å². The fraction of sp³-hybridized carbons (Fsp3) is 0.222. The third-order valence-corrected chi connectivity index (χ3v) is 1.31. The summed E-state index contributed by atoms with van der Waals surface area (Å²) >= 11 is -4.64. The first-order valence-electron chi connectivity index (χ1n) is 3.92. The molecule has 0 N–H and O–H groups in total. The van der Waals surface area contributed by atoms with E-state index in [4.69, 9.17) is 0 Å². The van der Waals surface area contributed by atoms with E-state index in [0.717, 1.165) is 12.8 Å². The van der Waals surface area contributed by atoms with Crippen LogP contribution in [0.2, 0.25) is 0 Å². The first-order chi connectivity index (χ1) is 6.16. The second-order valence-corrected chi connectivity index (χ2v) is 2.83. The van der Waals surface area contributed by atoms with E-state index in [-0.39, 0.29) is 0 Å². The van der Waals surface area contributed by atoms with Gasteiger partial charge in [-0.1, -0.05) is 37.3 Å². The number of hydrogen-bond donors (Lipinski definition) is 0. The van der Waals surface area contributed by atoms with Gasteiger partial charge < -0.3 is 10.6 Å². The van der Waals surface area contributed by atoms with Crippen molar-refractivity contribution in [2.75, 3.05) is 0 Å². The average molecular weight is 203 g/mol. The zero-order valence-corrected chi connectivity index (χ0v) is 8.37. The lowest BCUT2D eigenvalue weighted by molar-refractivity contribution is 0.535. The molecule has 0 aliphatic heterocycles. The lowest BCUT2D eigenvalue weighted by atomic mass is 10.1. The predicted octanol–water partition coefficient (Wildman–Crippen LogP) is 3.33. The first-order valence-corrected chi connectivity index (χ1v) is 5.23. The molecular weight excluding hydrogens is 192 g/mol. The molecule has 1 aromatic rings. The lowest BCUT2D eigenvalue weighted by Crippen LogP contribution is -1.79. The molecule has 0 aromatic heterocycles. The lowest BCUT2D eigenvalue weighted by Gasteiger charge is -1.93. The Kier molecular flexibility index (Phi) is 7.87. The molecule has 0 aliphatic carbocycles. The highest BCUT2D eigenvalue weighted by atomic mass is 27.3. The normalized spacial score (nSPS) is 8.62. The molecule has 0 atom stereocenters. The van der Waals surface area contributed by atoms with E-state index < -0.39 is 15.5 Å². The highest BCUT2D eigenvalue weighted by Crippen LogP contribution is 2.00. The van der Waals surface area contributed by atoms with Crippen molar-refractivity contribution in [1.82, 2.24) is 0 Å². The first kappa shape index (κ1) is 12.5. The van der Waals surface area contributed by atoms with Gasteiger partial charge in [0.05, 0.1) is 0 Å². The molecule has 0 fully saturated rings. The van der Waals surface area contributed by atoms with Crippen LogP contribution < -0.4 is 0 Å². The summed E-state index contributed by atoms with van der Waals surface area (Å²) in [6.45, 7) is 3.78. The van der Waals surface area contributed by atoms with Crippen LogP contribution in [-0.2, 0) is 6.42 Å². The van der Waals surface area contributed by atoms with Crippen LogP contribution in [0.1, 0.15) is 12.0 Å².